The summed E-state index contributed by atoms with van der Waals surface area (Å²) in [6.45, 7) is -0.514. The van der Waals surface area contributed by atoms with E-state index in [1.165, 1.54) is 24.3 Å². The number of amides is 1. The van der Waals surface area contributed by atoms with Crippen LogP contribution in [0.25, 0.3) is 0 Å². The van der Waals surface area contributed by atoms with Crippen molar-refractivity contribution >= 4 is 17.5 Å². The van der Waals surface area contributed by atoms with Crippen LogP contribution in [0, 0.1) is 0 Å². The molecular weight excluding hydrogens is 259 g/mol. The summed E-state index contributed by atoms with van der Waals surface area (Å²) in [5.74, 6) is -2.08. The van der Waals surface area contributed by atoms with Crippen LogP contribution in [0.5, 0.6) is 0 Å². The Hall–Kier alpha value is -1.27. The topological polar surface area (TPSA) is 49.3 Å². The van der Waals surface area contributed by atoms with E-state index in [1.807, 2.05) is 0 Å². The van der Waals surface area contributed by atoms with E-state index in [2.05, 4.69) is 0 Å². The summed E-state index contributed by atoms with van der Waals surface area (Å²) in [5.41, 5.74) is 0.372. The van der Waals surface area contributed by atoms with Gasteiger partial charge in [-0.2, -0.15) is 13.2 Å². The van der Waals surface area contributed by atoms with E-state index in [0.717, 1.165) is 0 Å². The first-order chi connectivity index (χ1) is 7.80. The van der Waals surface area contributed by atoms with Gasteiger partial charge in [0.25, 0.3) is 0 Å². The highest BCUT2D eigenvalue weighted by molar-refractivity contribution is 6.30. The Balaban J connectivity index is 2.53. The first kappa shape index (κ1) is 13.8. The van der Waals surface area contributed by atoms with Crippen LogP contribution in [0.1, 0.15) is 11.7 Å². The molecule has 17 heavy (non-hydrogen) atoms. The molecule has 1 unspecified atom stereocenters. The fourth-order valence-electron chi connectivity index (χ4n) is 1.09. The largest absolute Gasteiger partial charge is 0.471 e. The Morgan fingerprint density at radius 3 is 2.35 bits per heavy atom. The molecule has 1 amide bonds. The van der Waals surface area contributed by atoms with E-state index in [0.29, 0.717) is 10.6 Å². The summed E-state index contributed by atoms with van der Waals surface area (Å²) < 4.78 is 35.5. The molecule has 0 fully saturated rings. The van der Waals surface area contributed by atoms with Gasteiger partial charge in [0.05, 0.1) is 6.10 Å². The van der Waals surface area contributed by atoms with Crippen molar-refractivity contribution in [3.05, 3.63) is 34.9 Å². The summed E-state index contributed by atoms with van der Waals surface area (Å²) in [4.78, 5) is 10.5. The Morgan fingerprint density at radius 1 is 1.35 bits per heavy atom. The smallest absolute Gasteiger partial charge is 0.387 e. The Bertz CT molecular complexity index is 392. The van der Waals surface area contributed by atoms with Crippen molar-refractivity contribution < 1.29 is 23.1 Å². The first-order valence-corrected chi connectivity index (χ1v) is 4.97. The van der Waals surface area contributed by atoms with E-state index < -0.39 is 24.7 Å². The van der Waals surface area contributed by atoms with Crippen LogP contribution in [0.2, 0.25) is 5.02 Å². The molecule has 0 aromatic heterocycles. The molecule has 0 aliphatic heterocycles. The molecule has 0 aliphatic carbocycles. The van der Waals surface area contributed by atoms with Gasteiger partial charge in [-0.15, -0.1) is 0 Å². The monoisotopic (exact) mass is 267 g/mol. The number of benzene rings is 1. The minimum Gasteiger partial charge on any atom is -0.387 e. The molecule has 0 spiro atoms. The van der Waals surface area contributed by atoms with Gasteiger partial charge in [-0.25, -0.2) is 0 Å². The summed E-state index contributed by atoms with van der Waals surface area (Å²) >= 11 is 5.60. The van der Waals surface area contributed by atoms with Crippen molar-refractivity contribution in [3.63, 3.8) is 0 Å². The number of halogens is 4. The van der Waals surface area contributed by atoms with E-state index in [1.54, 1.807) is 5.32 Å². The molecule has 0 saturated carbocycles. The van der Waals surface area contributed by atoms with Crippen molar-refractivity contribution in [2.45, 2.75) is 12.3 Å². The summed E-state index contributed by atoms with van der Waals surface area (Å²) in [6.07, 6.45) is -6.15. The van der Waals surface area contributed by atoms with Crippen LogP contribution in [0.3, 0.4) is 0 Å². The lowest BCUT2D eigenvalue weighted by Gasteiger charge is -2.13. The van der Waals surface area contributed by atoms with Crippen LogP contribution in [0.15, 0.2) is 24.3 Å². The quantitative estimate of drug-likeness (QED) is 0.881. The van der Waals surface area contributed by atoms with Gasteiger partial charge in [-0.1, -0.05) is 23.7 Å². The normalized spacial score (nSPS) is 13.2. The number of carbonyl (C=O) groups is 1. The SMILES string of the molecule is O=C(NCC(O)c1ccc(Cl)cc1)C(F)(F)F. The second-order valence-corrected chi connectivity index (χ2v) is 3.71. The van der Waals surface area contributed by atoms with Crippen molar-refractivity contribution in [1.82, 2.24) is 5.32 Å². The zero-order valence-corrected chi connectivity index (χ0v) is 9.22. The van der Waals surface area contributed by atoms with Crippen molar-refractivity contribution in [3.8, 4) is 0 Å². The molecule has 0 saturated heterocycles. The highest BCUT2D eigenvalue weighted by Crippen LogP contribution is 2.17. The molecule has 2 N–H and O–H groups in total. The molecule has 0 bridgehead atoms. The number of rotatable bonds is 3. The summed E-state index contributed by atoms with van der Waals surface area (Å²) in [5, 5.41) is 11.5. The summed E-state index contributed by atoms with van der Waals surface area (Å²) in [7, 11) is 0. The van der Waals surface area contributed by atoms with Crippen molar-refractivity contribution in [2.24, 2.45) is 0 Å². The highest BCUT2D eigenvalue weighted by atomic mass is 35.5. The van der Waals surface area contributed by atoms with Crippen LogP contribution in [-0.2, 0) is 4.79 Å². The lowest BCUT2D eigenvalue weighted by Crippen LogP contribution is -2.38. The number of aliphatic hydroxyl groups excluding tert-OH is 1. The van der Waals surface area contributed by atoms with E-state index in [4.69, 9.17) is 11.6 Å². The van der Waals surface area contributed by atoms with Crippen molar-refractivity contribution in [1.29, 1.82) is 0 Å². The number of alkyl halides is 3. The molecule has 0 aliphatic rings. The lowest BCUT2D eigenvalue weighted by atomic mass is 10.1. The fraction of sp³-hybridized carbons (Fsp3) is 0.300. The third-order valence-corrected chi connectivity index (χ3v) is 2.22. The van der Waals surface area contributed by atoms with Gasteiger partial charge in [0.15, 0.2) is 0 Å². The zero-order valence-electron chi connectivity index (χ0n) is 8.46. The maximum absolute atomic E-state index is 11.8. The number of aliphatic hydroxyl groups is 1. The van der Waals surface area contributed by atoms with Crippen molar-refractivity contribution in [2.75, 3.05) is 6.54 Å². The zero-order chi connectivity index (χ0) is 13.1. The minimum absolute atomic E-state index is 0.372. The van der Waals surface area contributed by atoms with Crippen LogP contribution < -0.4 is 5.32 Å². The second-order valence-electron chi connectivity index (χ2n) is 3.28. The number of carbonyl (C=O) groups excluding carboxylic acids is 1. The van der Waals surface area contributed by atoms with Crippen LogP contribution in [0.4, 0.5) is 13.2 Å². The molecule has 1 atom stereocenters. The van der Waals surface area contributed by atoms with Gasteiger partial charge in [0.1, 0.15) is 0 Å². The van der Waals surface area contributed by atoms with Crippen LogP contribution in [-0.4, -0.2) is 23.7 Å². The molecule has 0 radical (unpaired) electrons. The van der Waals surface area contributed by atoms with Gasteiger partial charge in [0, 0.05) is 11.6 Å². The van der Waals surface area contributed by atoms with E-state index in [9.17, 15) is 23.1 Å². The molecule has 3 nitrogen and oxygen atoms in total. The summed E-state index contributed by atoms with van der Waals surface area (Å²) in [6, 6.07) is 5.91. The second kappa shape index (κ2) is 5.37. The van der Waals surface area contributed by atoms with E-state index >= 15 is 0 Å². The highest BCUT2D eigenvalue weighted by Gasteiger charge is 2.38. The standard InChI is InChI=1S/C10H9ClF3NO2/c11-7-3-1-6(2-4-7)8(16)5-15-9(17)10(12,13)14/h1-4,8,16H,5H2,(H,15,17). The van der Waals surface area contributed by atoms with E-state index in [-0.39, 0.29) is 0 Å². The predicted octanol–water partition coefficient (Wildman–Crippen LogP) is 2.05. The molecule has 1 rings (SSSR count). The molecule has 1 aromatic carbocycles. The Kier molecular flexibility index (Phi) is 4.36. The van der Waals surface area contributed by atoms with Gasteiger partial charge in [-0.3, -0.25) is 4.79 Å². The van der Waals surface area contributed by atoms with Gasteiger partial charge in [-0.05, 0) is 17.7 Å². The third kappa shape index (κ3) is 4.24. The fourth-order valence-corrected chi connectivity index (χ4v) is 1.22. The van der Waals surface area contributed by atoms with Gasteiger partial charge in [0.2, 0.25) is 0 Å². The lowest BCUT2D eigenvalue weighted by molar-refractivity contribution is -0.174. The maximum Gasteiger partial charge on any atom is 0.471 e. The average molecular weight is 268 g/mol. The average Bonchev–Trinajstić information content (AvgIpc) is 2.25. The van der Waals surface area contributed by atoms with Crippen LogP contribution >= 0.6 is 11.6 Å². The predicted molar refractivity (Wildman–Crippen MR) is 55.5 cm³/mol. The molecule has 1 aromatic rings. The Labute approximate surface area is 100 Å². The van der Waals surface area contributed by atoms with Gasteiger partial charge < -0.3 is 10.4 Å². The minimum atomic E-state index is -4.94. The molecule has 94 valence electrons. The number of hydrogen-bond acceptors (Lipinski definition) is 2. The maximum atomic E-state index is 11.8. The molecule has 7 heteroatoms. The molecular formula is C10H9ClF3NO2. The van der Waals surface area contributed by atoms with Gasteiger partial charge >= 0.3 is 12.1 Å². The number of hydrogen-bond donors (Lipinski definition) is 2. The third-order valence-electron chi connectivity index (χ3n) is 1.97. The molecule has 0 heterocycles. The first-order valence-electron chi connectivity index (χ1n) is 4.59. The number of nitrogens with one attached hydrogen (secondary N) is 1. The Morgan fingerprint density at radius 2 is 1.88 bits per heavy atom.